The van der Waals surface area contributed by atoms with Gasteiger partial charge in [-0.05, 0) is 34.1 Å². The van der Waals surface area contributed by atoms with Crippen molar-refractivity contribution in [1.29, 1.82) is 0 Å². The van der Waals surface area contributed by atoms with E-state index in [0.29, 0.717) is 25.9 Å². The van der Waals surface area contributed by atoms with Crippen LogP contribution in [0, 0.1) is 0 Å². The fourth-order valence-corrected chi connectivity index (χ4v) is 3.20. The number of carbonyl (C=O) groups is 1. The van der Waals surface area contributed by atoms with Crippen molar-refractivity contribution >= 4 is 6.09 Å². The number of hydrogen-bond acceptors (Lipinski definition) is 4. The van der Waals surface area contributed by atoms with Crippen molar-refractivity contribution < 1.29 is 14.6 Å². The molecule has 23 heavy (non-hydrogen) atoms. The summed E-state index contributed by atoms with van der Waals surface area (Å²) in [4.78, 5) is 14.2. The quantitative estimate of drug-likeness (QED) is 0.746. The van der Waals surface area contributed by atoms with E-state index in [-0.39, 0.29) is 12.1 Å². The summed E-state index contributed by atoms with van der Waals surface area (Å²) in [6.45, 7) is 8.72. The van der Waals surface area contributed by atoms with Gasteiger partial charge in [-0.15, -0.1) is 0 Å². The predicted octanol–water partition coefficient (Wildman–Crippen LogP) is 2.56. The number of fused-ring (bicyclic) bond motifs is 3. The zero-order chi connectivity index (χ0) is 16.8. The molecule has 1 unspecified atom stereocenters. The Bertz CT molecular complexity index is 642. The molecular formula is C17H25N3O3. The smallest absolute Gasteiger partial charge is 0.410 e. The van der Waals surface area contributed by atoms with Crippen LogP contribution < -0.4 is 0 Å². The van der Waals surface area contributed by atoms with E-state index in [1.807, 2.05) is 44.5 Å². The molecule has 0 saturated carbocycles. The molecule has 3 heterocycles. The summed E-state index contributed by atoms with van der Waals surface area (Å²) in [6, 6.07) is 0.0316. The number of allylic oxidation sites excluding steroid dienone is 1. The highest BCUT2D eigenvalue weighted by Crippen LogP contribution is 2.32. The van der Waals surface area contributed by atoms with Crippen LogP contribution in [0.25, 0.3) is 0 Å². The number of amides is 1. The monoisotopic (exact) mass is 319 g/mol. The number of aromatic nitrogens is 2. The average molecular weight is 319 g/mol. The number of aliphatic hydroxyl groups is 1. The minimum atomic E-state index is -0.570. The maximum atomic E-state index is 12.5. The Labute approximate surface area is 136 Å². The molecule has 1 amide bonds. The van der Waals surface area contributed by atoms with Gasteiger partial charge in [0.1, 0.15) is 5.60 Å². The van der Waals surface area contributed by atoms with Crippen molar-refractivity contribution in [2.24, 2.45) is 0 Å². The molecule has 0 saturated heterocycles. The molecule has 3 rings (SSSR count). The molecule has 2 atom stereocenters. The van der Waals surface area contributed by atoms with Crippen LogP contribution in [-0.4, -0.2) is 37.5 Å². The van der Waals surface area contributed by atoms with Crippen molar-refractivity contribution in [3.05, 3.63) is 29.1 Å². The largest absolute Gasteiger partial charge is 0.444 e. The lowest BCUT2D eigenvalue weighted by molar-refractivity contribution is 0.0135. The number of hydrogen-bond donors (Lipinski definition) is 1. The van der Waals surface area contributed by atoms with Crippen LogP contribution in [0.4, 0.5) is 4.79 Å². The highest BCUT2D eigenvalue weighted by molar-refractivity contribution is 5.69. The van der Waals surface area contributed by atoms with Crippen molar-refractivity contribution in [1.82, 2.24) is 14.7 Å². The molecule has 6 heteroatoms. The van der Waals surface area contributed by atoms with Gasteiger partial charge in [0.2, 0.25) is 0 Å². The maximum absolute atomic E-state index is 12.5. The third kappa shape index (κ3) is 3.13. The molecule has 6 nitrogen and oxygen atoms in total. The minimum absolute atomic E-state index is 0.0316. The Morgan fingerprint density at radius 3 is 2.83 bits per heavy atom. The van der Waals surface area contributed by atoms with Crippen molar-refractivity contribution in [2.75, 3.05) is 0 Å². The zero-order valence-electron chi connectivity index (χ0n) is 14.2. The topological polar surface area (TPSA) is 67.6 Å². The van der Waals surface area contributed by atoms with Crippen LogP contribution in [0.15, 0.2) is 12.2 Å². The van der Waals surface area contributed by atoms with Gasteiger partial charge in [-0.1, -0.05) is 12.2 Å². The third-order valence-corrected chi connectivity index (χ3v) is 4.27. The van der Waals surface area contributed by atoms with Crippen LogP contribution in [0.3, 0.4) is 0 Å². The lowest BCUT2D eigenvalue weighted by Gasteiger charge is -2.34. The number of carbonyl (C=O) groups excluding carboxylic acids is 1. The van der Waals surface area contributed by atoms with Crippen LogP contribution >= 0.6 is 0 Å². The van der Waals surface area contributed by atoms with E-state index in [2.05, 4.69) is 5.10 Å². The Kier molecular flexibility index (Phi) is 3.96. The van der Waals surface area contributed by atoms with E-state index in [9.17, 15) is 9.90 Å². The van der Waals surface area contributed by atoms with Gasteiger partial charge in [0.25, 0.3) is 0 Å². The lowest BCUT2D eigenvalue weighted by Crippen LogP contribution is -2.45. The van der Waals surface area contributed by atoms with Crippen LogP contribution in [-0.2, 0) is 24.2 Å². The average Bonchev–Trinajstić information content (AvgIpc) is 2.67. The second kappa shape index (κ2) is 5.67. The van der Waals surface area contributed by atoms with Crippen molar-refractivity contribution in [3.63, 3.8) is 0 Å². The van der Waals surface area contributed by atoms with Crippen LogP contribution in [0.2, 0.25) is 0 Å². The minimum Gasteiger partial charge on any atom is -0.444 e. The maximum Gasteiger partial charge on any atom is 0.410 e. The second-order valence-electron chi connectivity index (χ2n) is 7.38. The molecule has 0 radical (unpaired) electrons. The molecule has 0 bridgehead atoms. The molecule has 0 aromatic carbocycles. The molecule has 1 aromatic heterocycles. The Morgan fingerprint density at radius 1 is 1.39 bits per heavy atom. The first-order valence-electron chi connectivity index (χ1n) is 8.17. The number of rotatable bonds is 0. The summed E-state index contributed by atoms with van der Waals surface area (Å²) in [5.74, 6) is 0. The number of aliphatic hydroxyl groups excluding tert-OH is 1. The fourth-order valence-electron chi connectivity index (χ4n) is 3.20. The van der Waals surface area contributed by atoms with Gasteiger partial charge in [-0.25, -0.2) is 4.79 Å². The van der Waals surface area contributed by atoms with E-state index < -0.39 is 11.7 Å². The highest BCUT2D eigenvalue weighted by atomic mass is 16.6. The fraction of sp³-hybridized carbons (Fsp3) is 0.647. The van der Waals surface area contributed by atoms with E-state index in [1.165, 1.54) is 0 Å². The second-order valence-corrected chi connectivity index (χ2v) is 7.38. The third-order valence-electron chi connectivity index (χ3n) is 4.27. The Balaban J connectivity index is 1.90. The summed E-state index contributed by atoms with van der Waals surface area (Å²) in [5, 5.41) is 15.1. The number of nitrogens with zero attached hydrogens (tertiary/aromatic N) is 3. The van der Waals surface area contributed by atoms with Gasteiger partial charge < -0.3 is 14.7 Å². The summed E-state index contributed by atoms with van der Waals surface area (Å²) >= 11 is 0. The highest BCUT2D eigenvalue weighted by Gasteiger charge is 2.35. The summed E-state index contributed by atoms with van der Waals surface area (Å²) in [7, 11) is 0. The van der Waals surface area contributed by atoms with Crippen molar-refractivity contribution in [3.8, 4) is 0 Å². The van der Waals surface area contributed by atoms with E-state index >= 15 is 0 Å². The van der Waals surface area contributed by atoms with Gasteiger partial charge in [0, 0.05) is 18.0 Å². The van der Waals surface area contributed by atoms with Crippen LogP contribution in [0.1, 0.15) is 57.2 Å². The van der Waals surface area contributed by atoms with Gasteiger partial charge in [0.05, 0.1) is 30.6 Å². The molecule has 0 aliphatic carbocycles. The first-order valence-corrected chi connectivity index (χ1v) is 8.17. The summed E-state index contributed by atoms with van der Waals surface area (Å²) in [5.41, 5.74) is 2.29. The molecule has 0 fully saturated rings. The first kappa shape index (κ1) is 16.1. The van der Waals surface area contributed by atoms with Gasteiger partial charge >= 0.3 is 6.09 Å². The molecule has 2 aliphatic rings. The summed E-state index contributed by atoms with van der Waals surface area (Å²) in [6.07, 6.45) is 4.39. The number of ether oxygens (including phenoxy) is 1. The van der Waals surface area contributed by atoms with E-state index in [1.54, 1.807) is 4.90 Å². The normalized spacial score (nSPS) is 24.0. The van der Waals surface area contributed by atoms with Gasteiger partial charge in [-0.2, -0.15) is 5.10 Å². The summed E-state index contributed by atoms with van der Waals surface area (Å²) < 4.78 is 7.38. The molecular weight excluding hydrogens is 294 g/mol. The predicted molar refractivity (Wildman–Crippen MR) is 85.9 cm³/mol. The molecule has 1 N–H and O–H groups in total. The zero-order valence-corrected chi connectivity index (χ0v) is 14.2. The molecule has 126 valence electrons. The molecule has 2 aliphatic heterocycles. The van der Waals surface area contributed by atoms with E-state index in [4.69, 9.17) is 4.74 Å². The van der Waals surface area contributed by atoms with Gasteiger partial charge in [0.15, 0.2) is 0 Å². The lowest BCUT2D eigenvalue weighted by atomic mass is 9.97. The Morgan fingerprint density at radius 2 is 2.13 bits per heavy atom. The SMILES string of the molecule is C[C@@H]1Cc2nn3c(c2CN1C(=O)OC(C)(C)C)C(O)CC=CC3. The standard InChI is InChI=1S/C17H25N3O3/c1-11-9-13-12(10-19(11)16(22)23-17(2,3)4)15-14(21)7-5-6-8-20(15)18-13/h5-6,11,14,21H,7-10H2,1-4H3/t11-,14?/m1/s1. The Hall–Kier alpha value is -1.82. The van der Waals surface area contributed by atoms with Crippen molar-refractivity contribution in [2.45, 2.75) is 71.4 Å². The van der Waals surface area contributed by atoms with Crippen LogP contribution in [0.5, 0.6) is 0 Å². The first-order chi connectivity index (χ1) is 10.8. The van der Waals surface area contributed by atoms with E-state index in [0.717, 1.165) is 17.0 Å². The molecule has 0 spiro atoms. The van der Waals surface area contributed by atoms with Gasteiger partial charge in [-0.3, -0.25) is 4.68 Å². The molecule has 1 aromatic rings.